The zero-order chi connectivity index (χ0) is 32.4. The topological polar surface area (TPSA) is 100 Å². The largest absolute Gasteiger partial charge is 0.497 e. The van der Waals surface area contributed by atoms with Crippen LogP contribution in [-0.2, 0) is 11.5 Å². The fourth-order valence-electron chi connectivity index (χ4n) is 5.29. The van der Waals surface area contributed by atoms with Crippen LogP contribution < -0.4 is 15.6 Å². The van der Waals surface area contributed by atoms with Gasteiger partial charge in [0.05, 0.1) is 24.2 Å². The van der Waals surface area contributed by atoms with Gasteiger partial charge < -0.3 is 19.4 Å². The van der Waals surface area contributed by atoms with Crippen LogP contribution in [0, 0.1) is 6.92 Å². The third-order valence-electron chi connectivity index (χ3n) is 7.80. The van der Waals surface area contributed by atoms with Crippen molar-refractivity contribution in [2.75, 3.05) is 19.0 Å². The first-order valence-electron chi connectivity index (χ1n) is 15.3. The van der Waals surface area contributed by atoms with Gasteiger partial charge >= 0.3 is 0 Å². The standard InChI is InChI=1S/C34H39N7O3SSi/c1-23-16-17-40-30(23)34(42)41(25-10-8-7-9-11-25)32(38-40)24(2)37-31-29-28(45-27-14-12-26(43-3)13-15-27)20-39(33(29)36-21-35-31)22-44-18-19-46(4,5)6/h7-17,20-21,24H,18-19,22H2,1-6H3,(H,35,36,37). The van der Waals surface area contributed by atoms with E-state index in [1.807, 2.05) is 85.3 Å². The zero-order valence-electron chi connectivity index (χ0n) is 27.0. The summed E-state index contributed by atoms with van der Waals surface area (Å²) in [6.45, 7) is 12.0. The summed E-state index contributed by atoms with van der Waals surface area (Å²) in [7, 11) is 0.435. The molecule has 0 bridgehead atoms. The number of ether oxygens (including phenoxy) is 2. The lowest BCUT2D eigenvalue weighted by atomic mass is 10.2. The van der Waals surface area contributed by atoms with Crippen LogP contribution in [0.1, 0.15) is 24.4 Å². The molecule has 0 aliphatic heterocycles. The summed E-state index contributed by atoms with van der Waals surface area (Å²) >= 11 is 1.62. The van der Waals surface area contributed by atoms with Crippen LogP contribution in [0.4, 0.5) is 5.82 Å². The molecule has 46 heavy (non-hydrogen) atoms. The van der Waals surface area contributed by atoms with E-state index >= 15 is 0 Å². The van der Waals surface area contributed by atoms with E-state index in [-0.39, 0.29) is 5.56 Å². The van der Waals surface area contributed by atoms with Crippen LogP contribution in [-0.4, -0.2) is 50.5 Å². The average molecular weight is 654 g/mol. The summed E-state index contributed by atoms with van der Waals surface area (Å²) in [6, 6.07) is 20.2. The van der Waals surface area contributed by atoms with Gasteiger partial charge in [-0.2, -0.15) is 5.10 Å². The van der Waals surface area contributed by atoms with Gasteiger partial charge in [0, 0.05) is 36.9 Å². The Bertz CT molecular complexity index is 2030. The molecule has 0 aliphatic carbocycles. The quantitative estimate of drug-likeness (QED) is 0.110. The molecule has 0 saturated heterocycles. The third-order valence-corrected chi connectivity index (χ3v) is 10.5. The Morgan fingerprint density at radius 2 is 1.78 bits per heavy atom. The zero-order valence-corrected chi connectivity index (χ0v) is 28.8. The second-order valence-corrected chi connectivity index (χ2v) is 19.2. The first-order valence-corrected chi connectivity index (χ1v) is 19.8. The molecule has 0 amide bonds. The molecule has 1 N–H and O–H groups in total. The first-order chi connectivity index (χ1) is 22.1. The van der Waals surface area contributed by atoms with Crippen LogP contribution >= 0.6 is 11.8 Å². The van der Waals surface area contributed by atoms with Gasteiger partial charge in [0.15, 0.2) is 5.82 Å². The number of hydrogen-bond acceptors (Lipinski definition) is 8. The van der Waals surface area contributed by atoms with E-state index in [2.05, 4.69) is 31.2 Å². The SMILES string of the molecule is COc1ccc(Sc2cn(COCC[Si](C)(C)C)c3ncnc(NC(C)c4nn5ccc(C)c5c(=O)n4-c4ccccc4)c23)cc1. The molecule has 0 saturated carbocycles. The van der Waals surface area contributed by atoms with Crippen LogP contribution in [0.2, 0.25) is 25.7 Å². The Balaban J connectivity index is 1.41. The normalized spacial score (nSPS) is 12.6. The number of aryl methyl sites for hydroxylation is 1. The van der Waals surface area contributed by atoms with Crippen molar-refractivity contribution in [2.24, 2.45) is 0 Å². The van der Waals surface area contributed by atoms with E-state index in [9.17, 15) is 4.79 Å². The Kier molecular flexibility index (Phi) is 9.03. The molecule has 1 unspecified atom stereocenters. The van der Waals surface area contributed by atoms with Crippen molar-refractivity contribution in [2.45, 2.75) is 62.1 Å². The summed E-state index contributed by atoms with van der Waals surface area (Å²) in [6.07, 6.45) is 5.46. The lowest BCUT2D eigenvalue weighted by Gasteiger charge is -2.20. The van der Waals surface area contributed by atoms with Crippen molar-refractivity contribution in [1.29, 1.82) is 0 Å². The molecule has 10 nitrogen and oxygen atoms in total. The minimum atomic E-state index is -1.23. The van der Waals surface area contributed by atoms with E-state index < -0.39 is 14.1 Å². The molecule has 0 spiro atoms. The number of hydrogen-bond donors (Lipinski definition) is 1. The van der Waals surface area contributed by atoms with Crippen molar-refractivity contribution in [1.82, 2.24) is 28.7 Å². The molecule has 12 heteroatoms. The van der Waals surface area contributed by atoms with Crippen molar-refractivity contribution in [3.8, 4) is 11.4 Å². The van der Waals surface area contributed by atoms with E-state index in [4.69, 9.17) is 24.5 Å². The lowest BCUT2D eigenvalue weighted by molar-refractivity contribution is 0.0896. The van der Waals surface area contributed by atoms with Crippen LogP contribution in [0.15, 0.2) is 94.0 Å². The number of nitrogens with zero attached hydrogens (tertiary/aromatic N) is 6. The van der Waals surface area contributed by atoms with Crippen molar-refractivity contribution < 1.29 is 9.47 Å². The number of para-hydroxylation sites is 1. The Morgan fingerprint density at radius 3 is 2.50 bits per heavy atom. The van der Waals surface area contributed by atoms with E-state index in [1.165, 1.54) is 0 Å². The molecule has 0 radical (unpaired) electrons. The molecule has 6 aromatic rings. The summed E-state index contributed by atoms with van der Waals surface area (Å²) in [5, 5.41) is 9.38. The van der Waals surface area contributed by atoms with Gasteiger partial charge in [0.1, 0.15) is 35.8 Å². The number of anilines is 1. The molecule has 4 aromatic heterocycles. The second-order valence-electron chi connectivity index (χ2n) is 12.5. The van der Waals surface area contributed by atoms with Crippen LogP contribution in [0.5, 0.6) is 5.75 Å². The molecule has 4 heterocycles. The maximum absolute atomic E-state index is 13.9. The number of fused-ring (bicyclic) bond motifs is 2. The summed E-state index contributed by atoms with van der Waals surface area (Å²) < 4.78 is 16.9. The highest BCUT2D eigenvalue weighted by molar-refractivity contribution is 7.99. The predicted octanol–water partition coefficient (Wildman–Crippen LogP) is 7.18. The fourth-order valence-corrected chi connectivity index (χ4v) is 7.05. The molecular weight excluding hydrogens is 615 g/mol. The monoisotopic (exact) mass is 653 g/mol. The Hall–Kier alpha value is -4.39. The van der Waals surface area contributed by atoms with Gasteiger partial charge in [-0.3, -0.25) is 9.36 Å². The lowest BCUT2D eigenvalue weighted by Crippen LogP contribution is -2.29. The van der Waals surface area contributed by atoms with E-state index in [1.54, 1.807) is 34.3 Å². The number of methoxy groups -OCH3 is 1. The minimum absolute atomic E-state index is 0.127. The second kappa shape index (κ2) is 13.1. The van der Waals surface area contributed by atoms with Gasteiger partial charge in [0.2, 0.25) is 0 Å². The maximum atomic E-state index is 13.9. The van der Waals surface area contributed by atoms with Crippen LogP contribution in [0.3, 0.4) is 0 Å². The summed E-state index contributed by atoms with van der Waals surface area (Å²) in [5.41, 5.74) is 2.81. The highest BCUT2D eigenvalue weighted by atomic mass is 32.2. The summed E-state index contributed by atoms with van der Waals surface area (Å²) in [5.74, 6) is 2.01. The number of nitrogens with one attached hydrogen (secondary N) is 1. The van der Waals surface area contributed by atoms with Crippen molar-refractivity contribution in [3.05, 3.63) is 101 Å². The maximum Gasteiger partial charge on any atom is 0.282 e. The van der Waals surface area contributed by atoms with Gasteiger partial charge in [-0.25, -0.2) is 14.5 Å². The van der Waals surface area contributed by atoms with Gasteiger partial charge in [-0.1, -0.05) is 49.6 Å². The summed E-state index contributed by atoms with van der Waals surface area (Å²) in [4.78, 5) is 25.4. The first kappa shape index (κ1) is 31.6. The molecule has 6 rings (SSSR count). The smallest absolute Gasteiger partial charge is 0.282 e. The Morgan fingerprint density at radius 1 is 1.02 bits per heavy atom. The van der Waals surface area contributed by atoms with E-state index in [0.29, 0.717) is 30.5 Å². The molecular formula is C34H39N7O3SSi. The fraction of sp³-hybridized carbons (Fsp3) is 0.294. The van der Waals surface area contributed by atoms with E-state index in [0.717, 1.165) is 43.9 Å². The van der Waals surface area contributed by atoms with Crippen molar-refractivity contribution in [3.63, 3.8) is 0 Å². The highest BCUT2D eigenvalue weighted by Crippen LogP contribution is 2.38. The Labute approximate surface area is 273 Å². The molecule has 0 fully saturated rings. The molecule has 1 atom stereocenters. The minimum Gasteiger partial charge on any atom is -0.497 e. The van der Waals surface area contributed by atoms with Crippen molar-refractivity contribution >= 4 is 42.2 Å². The molecule has 0 aliphatic rings. The number of rotatable bonds is 12. The van der Waals surface area contributed by atoms with Gasteiger partial charge in [-0.15, -0.1) is 0 Å². The molecule has 2 aromatic carbocycles. The highest BCUT2D eigenvalue weighted by Gasteiger charge is 2.23. The van der Waals surface area contributed by atoms with Gasteiger partial charge in [-0.05, 0) is 67.9 Å². The third kappa shape index (κ3) is 6.60. The average Bonchev–Trinajstić information content (AvgIpc) is 3.60. The molecule has 238 valence electrons. The number of benzene rings is 2. The predicted molar refractivity (Wildman–Crippen MR) is 186 cm³/mol. The number of aromatic nitrogens is 6. The van der Waals surface area contributed by atoms with Crippen LogP contribution in [0.25, 0.3) is 22.2 Å². The van der Waals surface area contributed by atoms with Gasteiger partial charge in [0.25, 0.3) is 5.56 Å².